The van der Waals surface area contributed by atoms with Gasteiger partial charge in [-0.2, -0.15) is 5.10 Å². The first-order chi connectivity index (χ1) is 16.6. The number of aromatic nitrogens is 3. The van der Waals surface area contributed by atoms with Crippen LogP contribution in [0.4, 0.5) is 4.39 Å². The van der Waals surface area contributed by atoms with Crippen LogP contribution in [0.3, 0.4) is 0 Å². The second-order valence-electron chi connectivity index (χ2n) is 8.61. The molecule has 3 heterocycles. The summed E-state index contributed by atoms with van der Waals surface area (Å²) in [6.45, 7) is 5.74. The van der Waals surface area contributed by atoms with Crippen LogP contribution in [0.5, 0.6) is 0 Å². The third-order valence-electron chi connectivity index (χ3n) is 6.15. The lowest BCUT2D eigenvalue weighted by Crippen LogP contribution is -2.48. The van der Waals surface area contributed by atoms with Crippen LogP contribution in [-0.2, 0) is 6.54 Å². The summed E-state index contributed by atoms with van der Waals surface area (Å²) in [6, 6.07) is 18.1. The molecule has 1 aliphatic rings. The van der Waals surface area contributed by atoms with Gasteiger partial charge in [-0.15, -0.1) is 0 Å². The molecule has 0 N–H and O–H groups in total. The summed E-state index contributed by atoms with van der Waals surface area (Å²) < 4.78 is 15.1. The molecule has 0 saturated carbocycles. The first kappa shape index (κ1) is 22.0. The molecule has 2 aromatic heterocycles. The van der Waals surface area contributed by atoms with E-state index in [1.54, 1.807) is 29.2 Å². The Morgan fingerprint density at radius 2 is 1.71 bits per heavy atom. The van der Waals surface area contributed by atoms with E-state index in [4.69, 9.17) is 5.10 Å². The molecule has 5 rings (SSSR count). The molecule has 0 unspecified atom stereocenters. The molecule has 0 aliphatic carbocycles. The Balaban J connectivity index is 1.39. The number of aryl methyl sites for hydroxylation is 1. The van der Waals surface area contributed by atoms with Crippen molar-refractivity contribution in [1.29, 1.82) is 0 Å². The van der Waals surface area contributed by atoms with Gasteiger partial charge in [-0.3, -0.25) is 14.7 Å². The SMILES string of the molecule is Cc1ccc(-c2nn(-c3ccc(F)cc3)cc2C(=O)N2CCN(Cc3cccnc3)CC2)cc1. The molecule has 6 nitrogen and oxygen atoms in total. The fourth-order valence-electron chi connectivity index (χ4n) is 4.21. The van der Waals surface area contributed by atoms with Gasteiger partial charge in [0.2, 0.25) is 0 Å². The van der Waals surface area contributed by atoms with E-state index in [9.17, 15) is 9.18 Å². The molecule has 0 radical (unpaired) electrons. The molecule has 4 aromatic rings. The van der Waals surface area contributed by atoms with Crippen LogP contribution in [-0.4, -0.2) is 56.7 Å². The number of piperazine rings is 1. The van der Waals surface area contributed by atoms with Crippen molar-refractivity contribution < 1.29 is 9.18 Å². The Morgan fingerprint density at radius 3 is 2.38 bits per heavy atom. The second kappa shape index (κ2) is 9.57. The molecule has 172 valence electrons. The maximum absolute atomic E-state index is 13.6. The number of carbonyl (C=O) groups excluding carboxylic acids is 1. The lowest BCUT2D eigenvalue weighted by Gasteiger charge is -2.34. The topological polar surface area (TPSA) is 54.3 Å². The minimum atomic E-state index is -0.310. The van der Waals surface area contributed by atoms with Crippen molar-refractivity contribution in [3.63, 3.8) is 0 Å². The van der Waals surface area contributed by atoms with Gasteiger partial charge in [-0.25, -0.2) is 9.07 Å². The Kier molecular flexibility index (Phi) is 6.18. The highest BCUT2D eigenvalue weighted by Crippen LogP contribution is 2.26. The molecule has 1 aliphatic heterocycles. The summed E-state index contributed by atoms with van der Waals surface area (Å²) in [7, 11) is 0. The number of halogens is 1. The summed E-state index contributed by atoms with van der Waals surface area (Å²) in [5.74, 6) is -0.347. The van der Waals surface area contributed by atoms with Gasteiger partial charge >= 0.3 is 0 Å². The molecule has 1 saturated heterocycles. The number of rotatable bonds is 5. The molecule has 0 bridgehead atoms. The fourth-order valence-corrected chi connectivity index (χ4v) is 4.21. The normalized spacial score (nSPS) is 14.4. The van der Waals surface area contributed by atoms with Crippen molar-refractivity contribution in [3.8, 4) is 16.9 Å². The number of hydrogen-bond donors (Lipinski definition) is 0. The quantitative estimate of drug-likeness (QED) is 0.449. The van der Waals surface area contributed by atoms with Crippen LogP contribution in [0, 0.1) is 12.7 Å². The number of benzene rings is 2. The van der Waals surface area contributed by atoms with E-state index in [2.05, 4.69) is 16.0 Å². The van der Waals surface area contributed by atoms with Crippen LogP contribution in [0.25, 0.3) is 16.9 Å². The zero-order chi connectivity index (χ0) is 23.5. The number of hydrogen-bond acceptors (Lipinski definition) is 4. The van der Waals surface area contributed by atoms with Crippen molar-refractivity contribution in [2.45, 2.75) is 13.5 Å². The van der Waals surface area contributed by atoms with E-state index in [0.717, 1.165) is 30.8 Å². The van der Waals surface area contributed by atoms with E-state index >= 15 is 0 Å². The molecule has 1 fully saturated rings. The summed E-state index contributed by atoms with van der Waals surface area (Å²) in [4.78, 5) is 22.0. The smallest absolute Gasteiger partial charge is 0.257 e. The van der Waals surface area contributed by atoms with Crippen LogP contribution in [0.1, 0.15) is 21.5 Å². The van der Waals surface area contributed by atoms with Crippen molar-refractivity contribution in [3.05, 3.63) is 102 Å². The first-order valence-electron chi connectivity index (χ1n) is 11.4. The Labute approximate surface area is 198 Å². The van der Waals surface area contributed by atoms with Crippen LogP contribution < -0.4 is 0 Å². The molecule has 0 spiro atoms. The third kappa shape index (κ3) is 4.75. The van der Waals surface area contributed by atoms with Crippen LogP contribution in [0.15, 0.2) is 79.3 Å². The second-order valence-corrected chi connectivity index (χ2v) is 8.61. The molecule has 2 aromatic carbocycles. The molecule has 34 heavy (non-hydrogen) atoms. The van der Waals surface area contributed by atoms with E-state index in [0.29, 0.717) is 30.0 Å². The highest BCUT2D eigenvalue weighted by atomic mass is 19.1. The minimum absolute atomic E-state index is 0.0371. The molecule has 0 atom stereocenters. The fraction of sp³-hybridized carbons (Fsp3) is 0.222. The third-order valence-corrected chi connectivity index (χ3v) is 6.15. The summed E-state index contributed by atoms with van der Waals surface area (Å²) in [5, 5.41) is 4.73. The minimum Gasteiger partial charge on any atom is -0.336 e. The number of nitrogens with zero attached hydrogens (tertiary/aromatic N) is 5. The predicted molar refractivity (Wildman–Crippen MR) is 129 cm³/mol. The van der Waals surface area contributed by atoms with Gasteiger partial charge in [-0.1, -0.05) is 35.9 Å². The van der Waals surface area contributed by atoms with Crippen LogP contribution >= 0.6 is 0 Å². The average molecular weight is 456 g/mol. The summed E-state index contributed by atoms with van der Waals surface area (Å²) in [6.07, 6.45) is 5.42. The molecular formula is C27H26FN5O. The zero-order valence-corrected chi connectivity index (χ0v) is 19.1. The van der Waals surface area contributed by atoms with Crippen LogP contribution in [0.2, 0.25) is 0 Å². The Morgan fingerprint density at radius 1 is 0.971 bits per heavy atom. The van der Waals surface area contributed by atoms with Crippen molar-refractivity contribution in [2.24, 2.45) is 0 Å². The van der Waals surface area contributed by atoms with Gasteiger partial charge in [0.15, 0.2) is 0 Å². The van der Waals surface area contributed by atoms with E-state index < -0.39 is 0 Å². The van der Waals surface area contributed by atoms with Crippen molar-refractivity contribution in [2.75, 3.05) is 26.2 Å². The number of pyridine rings is 1. The van der Waals surface area contributed by atoms with Gasteiger partial charge in [0, 0.05) is 56.9 Å². The van der Waals surface area contributed by atoms with Crippen molar-refractivity contribution >= 4 is 5.91 Å². The standard InChI is InChI=1S/C27H26FN5O/c1-20-4-6-22(7-5-20)26-25(19-33(30-26)24-10-8-23(28)9-11-24)27(34)32-15-13-31(14-16-32)18-21-3-2-12-29-17-21/h2-12,17,19H,13-16,18H2,1H3. The maximum atomic E-state index is 13.6. The van der Waals surface area contributed by atoms with E-state index in [-0.39, 0.29) is 11.7 Å². The average Bonchev–Trinajstić information content (AvgIpc) is 3.31. The highest BCUT2D eigenvalue weighted by Gasteiger charge is 2.26. The number of carbonyl (C=O) groups is 1. The lowest BCUT2D eigenvalue weighted by molar-refractivity contribution is 0.0629. The molecule has 1 amide bonds. The Bertz CT molecular complexity index is 1260. The van der Waals surface area contributed by atoms with Gasteiger partial charge in [0.25, 0.3) is 5.91 Å². The van der Waals surface area contributed by atoms with Gasteiger partial charge < -0.3 is 4.90 Å². The number of amides is 1. The largest absolute Gasteiger partial charge is 0.336 e. The van der Waals surface area contributed by atoms with Gasteiger partial charge in [0.05, 0.1) is 11.3 Å². The van der Waals surface area contributed by atoms with E-state index in [1.807, 2.05) is 48.4 Å². The Hall–Kier alpha value is -3.84. The summed E-state index contributed by atoms with van der Waals surface area (Å²) >= 11 is 0. The zero-order valence-electron chi connectivity index (χ0n) is 19.1. The molecular weight excluding hydrogens is 429 g/mol. The highest BCUT2D eigenvalue weighted by molar-refractivity contribution is 6.00. The maximum Gasteiger partial charge on any atom is 0.257 e. The summed E-state index contributed by atoms with van der Waals surface area (Å²) in [5.41, 5.74) is 5.07. The predicted octanol–water partition coefficient (Wildman–Crippen LogP) is 4.34. The van der Waals surface area contributed by atoms with Gasteiger partial charge in [-0.05, 0) is 42.8 Å². The van der Waals surface area contributed by atoms with Crippen molar-refractivity contribution in [1.82, 2.24) is 24.6 Å². The molecule has 7 heteroatoms. The first-order valence-corrected chi connectivity index (χ1v) is 11.4. The monoisotopic (exact) mass is 455 g/mol. The van der Waals surface area contributed by atoms with Gasteiger partial charge in [0.1, 0.15) is 11.5 Å². The lowest BCUT2D eigenvalue weighted by atomic mass is 10.1. The van der Waals surface area contributed by atoms with E-state index in [1.165, 1.54) is 17.7 Å².